The van der Waals surface area contributed by atoms with Gasteiger partial charge in [-0.25, -0.2) is 4.98 Å². The smallest absolute Gasteiger partial charge is 0.257 e. The molecular formula is C18H15ClN2O2S2. The van der Waals surface area contributed by atoms with E-state index in [1.54, 1.807) is 35.8 Å². The molecule has 0 aliphatic heterocycles. The molecule has 1 amide bonds. The van der Waals surface area contributed by atoms with Crippen LogP contribution in [0.1, 0.15) is 15.4 Å². The molecular weight excluding hydrogens is 376 g/mol. The van der Waals surface area contributed by atoms with Gasteiger partial charge in [0, 0.05) is 38.6 Å². The van der Waals surface area contributed by atoms with E-state index < -0.39 is 10.8 Å². The Hall–Kier alpha value is -2.02. The lowest BCUT2D eigenvalue weighted by Crippen LogP contribution is -2.12. The Morgan fingerprint density at radius 1 is 1.24 bits per heavy atom. The minimum atomic E-state index is -1.14. The van der Waals surface area contributed by atoms with Crippen LogP contribution in [0.5, 0.6) is 0 Å². The van der Waals surface area contributed by atoms with Crippen molar-refractivity contribution in [1.82, 2.24) is 4.98 Å². The van der Waals surface area contributed by atoms with Crippen LogP contribution in [-0.4, -0.2) is 21.4 Å². The Morgan fingerprint density at radius 3 is 2.68 bits per heavy atom. The Morgan fingerprint density at radius 2 is 2.04 bits per heavy atom. The number of aromatic nitrogens is 1. The van der Waals surface area contributed by atoms with Crippen molar-refractivity contribution in [2.75, 3.05) is 11.6 Å². The standard InChI is InChI=1S/C18H15ClN2O2S2/c1-11-20-17(10-24-11)12-4-3-5-13(8-12)21-18(22)15-7-6-14(25(2)23)9-16(15)19/h3-10H,1-2H3,(H,21,22). The number of carbonyl (C=O) groups is 1. The van der Waals surface area contributed by atoms with Crippen molar-refractivity contribution in [1.29, 1.82) is 0 Å². The molecule has 1 heterocycles. The van der Waals surface area contributed by atoms with Crippen molar-refractivity contribution in [3.05, 3.63) is 63.4 Å². The van der Waals surface area contributed by atoms with Gasteiger partial charge in [0.1, 0.15) is 0 Å². The van der Waals surface area contributed by atoms with E-state index in [1.807, 2.05) is 36.6 Å². The maximum atomic E-state index is 12.5. The third-order valence-electron chi connectivity index (χ3n) is 3.55. The number of halogens is 1. The van der Waals surface area contributed by atoms with E-state index in [0.29, 0.717) is 16.1 Å². The first kappa shape index (κ1) is 17.8. The van der Waals surface area contributed by atoms with Gasteiger partial charge in [0.05, 0.1) is 21.3 Å². The highest BCUT2D eigenvalue weighted by Gasteiger charge is 2.13. The highest BCUT2D eigenvalue weighted by molar-refractivity contribution is 7.84. The molecule has 7 heteroatoms. The van der Waals surface area contributed by atoms with Gasteiger partial charge in [-0.3, -0.25) is 9.00 Å². The van der Waals surface area contributed by atoms with Crippen molar-refractivity contribution in [3.8, 4) is 11.3 Å². The van der Waals surface area contributed by atoms with Gasteiger partial charge in [0.15, 0.2) is 0 Å². The number of nitrogens with one attached hydrogen (secondary N) is 1. The molecule has 1 aromatic heterocycles. The van der Waals surface area contributed by atoms with Crippen LogP contribution in [-0.2, 0) is 10.8 Å². The highest BCUT2D eigenvalue weighted by Crippen LogP contribution is 2.25. The van der Waals surface area contributed by atoms with E-state index in [-0.39, 0.29) is 10.9 Å². The summed E-state index contributed by atoms with van der Waals surface area (Å²) < 4.78 is 11.5. The van der Waals surface area contributed by atoms with E-state index in [1.165, 1.54) is 0 Å². The summed E-state index contributed by atoms with van der Waals surface area (Å²) in [5, 5.41) is 6.09. The van der Waals surface area contributed by atoms with Crippen LogP contribution >= 0.6 is 22.9 Å². The van der Waals surface area contributed by atoms with Gasteiger partial charge in [0.25, 0.3) is 5.91 Å². The molecule has 0 fully saturated rings. The van der Waals surface area contributed by atoms with E-state index >= 15 is 0 Å². The number of rotatable bonds is 4. The molecule has 1 N–H and O–H groups in total. The van der Waals surface area contributed by atoms with Gasteiger partial charge < -0.3 is 5.32 Å². The van der Waals surface area contributed by atoms with E-state index in [9.17, 15) is 9.00 Å². The molecule has 0 radical (unpaired) electrons. The van der Waals surface area contributed by atoms with E-state index in [0.717, 1.165) is 16.3 Å². The second-order valence-electron chi connectivity index (χ2n) is 5.38. The fourth-order valence-corrected chi connectivity index (χ4v) is 3.81. The molecule has 0 saturated heterocycles. The Bertz CT molecular complexity index is 969. The highest BCUT2D eigenvalue weighted by atomic mass is 35.5. The minimum absolute atomic E-state index is 0.275. The average Bonchev–Trinajstić information content (AvgIpc) is 3.01. The number of thiazole rings is 1. The molecule has 3 aromatic rings. The van der Waals surface area contributed by atoms with Crippen molar-refractivity contribution in [2.24, 2.45) is 0 Å². The Kier molecular flexibility index (Phi) is 5.32. The molecule has 25 heavy (non-hydrogen) atoms. The van der Waals surface area contributed by atoms with Crippen LogP contribution in [0.4, 0.5) is 5.69 Å². The number of benzene rings is 2. The van der Waals surface area contributed by atoms with Crippen LogP contribution in [0.2, 0.25) is 5.02 Å². The number of nitrogens with zero attached hydrogens (tertiary/aromatic N) is 1. The predicted octanol–water partition coefficient (Wildman–Crippen LogP) is 4.76. The number of amides is 1. The summed E-state index contributed by atoms with van der Waals surface area (Å²) in [6.07, 6.45) is 1.57. The van der Waals surface area contributed by atoms with Crippen molar-refractivity contribution in [2.45, 2.75) is 11.8 Å². The summed E-state index contributed by atoms with van der Waals surface area (Å²) in [6.45, 7) is 1.95. The van der Waals surface area contributed by atoms with Crippen LogP contribution in [0.15, 0.2) is 52.7 Å². The molecule has 2 aromatic carbocycles. The number of aryl methyl sites for hydroxylation is 1. The molecule has 0 spiro atoms. The van der Waals surface area contributed by atoms with Crippen molar-refractivity contribution < 1.29 is 9.00 Å². The minimum Gasteiger partial charge on any atom is -0.322 e. The van der Waals surface area contributed by atoms with Crippen LogP contribution in [0, 0.1) is 6.92 Å². The zero-order chi connectivity index (χ0) is 18.0. The third kappa shape index (κ3) is 4.15. The zero-order valence-corrected chi connectivity index (χ0v) is 16.0. The number of carbonyl (C=O) groups excluding carboxylic acids is 1. The maximum absolute atomic E-state index is 12.5. The summed E-state index contributed by atoms with van der Waals surface area (Å²) >= 11 is 7.74. The molecule has 0 saturated carbocycles. The first-order valence-electron chi connectivity index (χ1n) is 7.41. The summed E-state index contributed by atoms with van der Waals surface area (Å²) in [5.41, 5.74) is 2.81. The van der Waals surface area contributed by atoms with Crippen LogP contribution < -0.4 is 5.32 Å². The van der Waals surface area contributed by atoms with E-state index in [4.69, 9.17) is 11.6 Å². The molecule has 0 aliphatic rings. The second-order valence-corrected chi connectivity index (χ2v) is 8.23. The summed E-state index contributed by atoms with van der Waals surface area (Å²) in [7, 11) is -1.14. The summed E-state index contributed by atoms with van der Waals surface area (Å²) in [6, 6.07) is 12.3. The summed E-state index contributed by atoms with van der Waals surface area (Å²) in [5.74, 6) is -0.315. The quantitative estimate of drug-likeness (QED) is 0.698. The fourth-order valence-electron chi connectivity index (χ4n) is 2.31. The predicted molar refractivity (Wildman–Crippen MR) is 104 cm³/mol. The molecule has 0 bridgehead atoms. The zero-order valence-electron chi connectivity index (χ0n) is 13.6. The SMILES string of the molecule is Cc1nc(-c2cccc(NC(=O)c3ccc(S(C)=O)cc3Cl)c2)cs1. The molecule has 0 aliphatic carbocycles. The van der Waals surface area contributed by atoms with Gasteiger partial charge >= 0.3 is 0 Å². The van der Waals surface area contributed by atoms with Crippen LogP contribution in [0.3, 0.4) is 0 Å². The third-order valence-corrected chi connectivity index (χ3v) is 5.56. The van der Waals surface area contributed by atoms with Gasteiger partial charge in [-0.05, 0) is 37.3 Å². The molecule has 1 atom stereocenters. The maximum Gasteiger partial charge on any atom is 0.257 e. The normalized spacial score (nSPS) is 12.0. The molecule has 128 valence electrons. The molecule has 1 unspecified atom stereocenters. The number of hydrogen-bond acceptors (Lipinski definition) is 4. The Balaban J connectivity index is 1.83. The second kappa shape index (κ2) is 7.47. The fraction of sp³-hybridized carbons (Fsp3) is 0.111. The largest absolute Gasteiger partial charge is 0.322 e. The summed E-state index contributed by atoms with van der Waals surface area (Å²) in [4.78, 5) is 17.5. The van der Waals surface area contributed by atoms with Crippen LogP contribution in [0.25, 0.3) is 11.3 Å². The topological polar surface area (TPSA) is 59.1 Å². The Labute approximate surface area is 157 Å². The molecule has 4 nitrogen and oxygen atoms in total. The number of hydrogen-bond donors (Lipinski definition) is 1. The van der Waals surface area contributed by atoms with Gasteiger partial charge in [0.2, 0.25) is 0 Å². The van der Waals surface area contributed by atoms with Gasteiger partial charge in [-0.15, -0.1) is 11.3 Å². The first-order chi connectivity index (χ1) is 11.9. The van der Waals surface area contributed by atoms with Gasteiger partial charge in [-0.1, -0.05) is 23.7 Å². The van der Waals surface area contributed by atoms with Crippen molar-refractivity contribution >= 4 is 45.3 Å². The van der Waals surface area contributed by atoms with Crippen molar-refractivity contribution in [3.63, 3.8) is 0 Å². The number of anilines is 1. The lowest BCUT2D eigenvalue weighted by molar-refractivity contribution is 0.102. The van der Waals surface area contributed by atoms with E-state index in [2.05, 4.69) is 10.3 Å². The molecule has 3 rings (SSSR count). The van der Waals surface area contributed by atoms with Gasteiger partial charge in [-0.2, -0.15) is 0 Å². The monoisotopic (exact) mass is 390 g/mol. The lowest BCUT2D eigenvalue weighted by Gasteiger charge is -2.09. The first-order valence-corrected chi connectivity index (χ1v) is 10.2. The average molecular weight is 391 g/mol. The lowest BCUT2D eigenvalue weighted by atomic mass is 10.1.